The molecule has 0 saturated carbocycles. The van der Waals surface area contributed by atoms with E-state index < -0.39 is 10.0 Å². The molecule has 15 heavy (non-hydrogen) atoms. The summed E-state index contributed by atoms with van der Waals surface area (Å²) in [6.07, 6.45) is 0. The van der Waals surface area contributed by atoms with Gasteiger partial charge in [-0.25, -0.2) is 13.1 Å². The molecular weight excluding hydrogens is 216 g/mol. The number of hydrogen-bond donors (Lipinski definition) is 2. The van der Waals surface area contributed by atoms with Gasteiger partial charge in [-0.05, 0) is 19.2 Å². The summed E-state index contributed by atoms with van der Waals surface area (Å²) >= 11 is 0. The van der Waals surface area contributed by atoms with Crippen LogP contribution in [0.3, 0.4) is 0 Å². The van der Waals surface area contributed by atoms with Crippen LogP contribution in [0.25, 0.3) is 0 Å². The van der Waals surface area contributed by atoms with Crippen molar-refractivity contribution < 1.29 is 12.8 Å². The summed E-state index contributed by atoms with van der Waals surface area (Å²) in [6, 6.07) is 3.43. The molecule has 2 N–H and O–H groups in total. The fourth-order valence-corrected chi connectivity index (χ4v) is 1.67. The minimum absolute atomic E-state index is 0.0504. The third-order valence-electron chi connectivity index (χ3n) is 1.86. The first-order chi connectivity index (χ1) is 6.95. The van der Waals surface area contributed by atoms with Crippen LogP contribution in [0.2, 0.25) is 0 Å². The maximum Gasteiger partial charge on any atom is 0.273 e. The van der Waals surface area contributed by atoms with Crippen LogP contribution in [0.15, 0.2) is 21.6 Å². The van der Waals surface area contributed by atoms with Gasteiger partial charge in [-0.15, -0.1) is 0 Å². The predicted molar refractivity (Wildman–Crippen MR) is 56.9 cm³/mol. The highest BCUT2D eigenvalue weighted by atomic mass is 32.2. The van der Waals surface area contributed by atoms with Crippen LogP contribution in [0.4, 0.5) is 0 Å². The van der Waals surface area contributed by atoms with Gasteiger partial charge >= 0.3 is 0 Å². The van der Waals surface area contributed by atoms with Crippen LogP contribution in [-0.2, 0) is 16.6 Å². The zero-order valence-corrected chi connectivity index (χ0v) is 9.89. The van der Waals surface area contributed by atoms with Crippen molar-refractivity contribution in [2.24, 2.45) is 0 Å². The summed E-state index contributed by atoms with van der Waals surface area (Å²) in [4.78, 5) is 0. The molecule has 86 valence electrons. The highest BCUT2D eigenvalue weighted by Crippen LogP contribution is 2.13. The smallest absolute Gasteiger partial charge is 0.273 e. The zero-order valence-electron chi connectivity index (χ0n) is 9.07. The molecule has 0 saturated heterocycles. The molecule has 5 nitrogen and oxygen atoms in total. The number of furan rings is 1. The standard InChI is InChI=1S/C9H16N2O3S/c1-7(2)11-6-8-4-5-9(14-8)15(12,13)10-3/h4-5,7,10-11H,6H2,1-3H3. The molecule has 0 unspecified atom stereocenters. The van der Waals surface area contributed by atoms with E-state index in [9.17, 15) is 8.42 Å². The fourth-order valence-electron chi connectivity index (χ4n) is 1.00. The van der Waals surface area contributed by atoms with E-state index in [0.29, 0.717) is 18.3 Å². The molecule has 0 amide bonds. The Morgan fingerprint density at radius 1 is 1.40 bits per heavy atom. The summed E-state index contributed by atoms with van der Waals surface area (Å²) < 4.78 is 30.0. The Morgan fingerprint density at radius 3 is 2.60 bits per heavy atom. The molecule has 0 aliphatic heterocycles. The topological polar surface area (TPSA) is 71.3 Å². The van der Waals surface area contributed by atoms with Crippen molar-refractivity contribution in [1.82, 2.24) is 10.0 Å². The van der Waals surface area contributed by atoms with Gasteiger partial charge in [-0.3, -0.25) is 0 Å². The van der Waals surface area contributed by atoms with E-state index >= 15 is 0 Å². The average Bonchev–Trinajstić information content (AvgIpc) is 2.63. The van der Waals surface area contributed by atoms with Crippen molar-refractivity contribution in [2.75, 3.05) is 7.05 Å². The fraction of sp³-hybridized carbons (Fsp3) is 0.556. The van der Waals surface area contributed by atoms with Gasteiger partial charge in [0.1, 0.15) is 5.76 Å². The minimum Gasteiger partial charge on any atom is -0.447 e. The first-order valence-corrected chi connectivity index (χ1v) is 6.19. The molecule has 1 rings (SSSR count). The molecule has 0 aliphatic rings. The van der Waals surface area contributed by atoms with Crippen LogP contribution < -0.4 is 10.0 Å². The van der Waals surface area contributed by atoms with Gasteiger partial charge < -0.3 is 9.73 Å². The van der Waals surface area contributed by atoms with E-state index in [0.717, 1.165) is 0 Å². The Bertz CT molecular complexity index is 409. The maximum atomic E-state index is 11.3. The first-order valence-electron chi connectivity index (χ1n) is 4.71. The third-order valence-corrected chi connectivity index (χ3v) is 3.14. The average molecular weight is 232 g/mol. The van der Waals surface area contributed by atoms with Crippen molar-refractivity contribution in [1.29, 1.82) is 0 Å². The number of sulfonamides is 1. The molecule has 0 aliphatic carbocycles. The summed E-state index contributed by atoms with van der Waals surface area (Å²) in [5.74, 6) is 0.609. The van der Waals surface area contributed by atoms with Gasteiger partial charge in [0.15, 0.2) is 0 Å². The first kappa shape index (κ1) is 12.2. The maximum absolute atomic E-state index is 11.3. The molecule has 1 heterocycles. The van der Waals surface area contributed by atoms with E-state index in [1.165, 1.54) is 13.1 Å². The van der Waals surface area contributed by atoms with Crippen LogP contribution in [-0.4, -0.2) is 21.5 Å². The Hall–Kier alpha value is -0.850. The lowest BCUT2D eigenvalue weighted by atomic mass is 10.3. The lowest BCUT2D eigenvalue weighted by Gasteiger charge is -2.04. The minimum atomic E-state index is -3.46. The number of nitrogens with one attached hydrogen (secondary N) is 2. The molecule has 0 fully saturated rings. The van der Waals surface area contributed by atoms with E-state index in [-0.39, 0.29) is 5.09 Å². The second-order valence-corrected chi connectivity index (χ2v) is 5.28. The van der Waals surface area contributed by atoms with Gasteiger partial charge in [0.25, 0.3) is 10.0 Å². The van der Waals surface area contributed by atoms with Crippen molar-refractivity contribution in [3.63, 3.8) is 0 Å². The van der Waals surface area contributed by atoms with Gasteiger partial charge in [0, 0.05) is 6.04 Å². The van der Waals surface area contributed by atoms with Gasteiger partial charge in [0.2, 0.25) is 5.09 Å². The molecule has 0 bridgehead atoms. The normalized spacial score (nSPS) is 12.3. The summed E-state index contributed by atoms with van der Waals surface area (Å²) in [5, 5.41) is 3.09. The van der Waals surface area contributed by atoms with Crippen LogP contribution in [0, 0.1) is 0 Å². The molecule has 6 heteroatoms. The molecule has 1 aromatic rings. The van der Waals surface area contributed by atoms with E-state index in [1.807, 2.05) is 13.8 Å². The van der Waals surface area contributed by atoms with Crippen molar-refractivity contribution in [2.45, 2.75) is 31.5 Å². The van der Waals surface area contributed by atoms with Gasteiger partial charge in [-0.2, -0.15) is 0 Å². The largest absolute Gasteiger partial charge is 0.447 e. The van der Waals surface area contributed by atoms with Gasteiger partial charge in [-0.1, -0.05) is 13.8 Å². The number of hydrogen-bond acceptors (Lipinski definition) is 4. The highest BCUT2D eigenvalue weighted by molar-refractivity contribution is 7.89. The summed E-state index contributed by atoms with van der Waals surface area (Å²) in [6.45, 7) is 4.54. The van der Waals surface area contributed by atoms with Crippen molar-refractivity contribution in [3.05, 3.63) is 17.9 Å². The number of rotatable bonds is 5. The second kappa shape index (κ2) is 4.78. The third kappa shape index (κ3) is 3.33. The van der Waals surface area contributed by atoms with E-state index in [4.69, 9.17) is 4.42 Å². The zero-order chi connectivity index (χ0) is 11.5. The molecular formula is C9H16N2O3S. The van der Waals surface area contributed by atoms with Gasteiger partial charge in [0.05, 0.1) is 6.54 Å². The van der Waals surface area contributed by atoms with E-state index in [2.05, 4.69) is 10.0 Å². The second-order valence-electron chi connectivity index (χ2n) is 3.46. The van der Waals surface area contributed by atoms with Crippen LogP contribution in [0.5, 0.6) is 0 Å². The lowest BCUT2D eigenvalue weighted by Crippen LogP contribution is -2.21. The quantitative estimate of drug-likeness (QED) is 0.783. The van der Waals surface area contributed by atoms with Crippen molar-refractivity contribution in [3.8, 4) is 0 Å². The Labute approximate surface area is 89.9 Å². The van der Waals surface area contributed by atoms with Crippen LogP contribution in [0.1, 0.15) is 19.6 Å². The summed E-state index contributed by atoms with van der Waals surface area (Å²) in [5.41, 5.74) is 0. The molecule has 0 aromatic carbocycles. The Balaban J connectivity index is 2.73. The monoisotopic (exact) mass is 232 g/mol. The summed E-state index contributed by atoms with van der Waals surface area (Å²) in [7, 11) is -2.11. The van der Waals surface area contributed by atoms with Crippen LogP contribution >= 0.6 is 0 Å². The highest BCUT2D eigenvalue weighted by Gasteiger charge is 2.15. The molecule has 0 spiro atoms. The SMILES string of the molecule is CNS(=O)(=O)c1ccc(CNC(C)C)o1. The Morgan fingerprint density at radius 2 is 2.07 bits per heavy atom. The lowest BCUT2D eigenvalue weighted by molar-refractivity contribution is 0.394. The molecule has 1 aromatic heterocycles. The Kier molecular flexibility index (Phi) is 3.90. The van der Waals surface area contributed by atoms with E-state index in [1.54, 1.807) is 6.07 Å². The van der Waals surface area contributed by atoms with Crippen molar-refractivity contribution >= 4 is 10.0 Å². The predicted octanol–water partition coefficient (Wildman–Crippen LogP) is 0.686. The molecule has 0 radical (unpaired) electrons. The molecule has 0 atom stereocenters.